The molecule has 1 aromatic carbocycles. The highest BCUT2D eigenvalue weighted by Crippen LogP contribution is 2.32. The SMILES string of the molecule is Cc1cc(N2CC(C(=O)O)C2)c2cccc(F)c2n1. The Balaban J connectivity index is 2.05. The Morgan fingerprint density at radius 1 is 1.47 bits per heavy atom. The molecule has 98 valence electrons. The van der Waals surface area contributed by atoms with Crippen LogP contribution in [-0.4, -0.2) is 29.1 Å². The van der Waals surface area contributed by atoms with Crippen molar-refractivity contribution in [3.05, 3.63) is 35.8 Å². The number of carboxylic acids is 1. The van der Waals surface area contributed by atoms with Gasteiger partial charge in [-0.2, -0.15) is 0 Å². The lowest BCUT2D eigenvalue weighted by Gasteiger charge is -2.39. The average Bonchev–Trinajstić information content (AvgIpc) is 2.28. The second-order valence-electron chi connectivity index (χ2n) is 4.86. The molecule has 0 radical (unpaired) electrons. The molecule has 0 aliphatic carbocycles. The molecule has 5 heteroatoms. The molecule has 19 heavy (non-hydrogen) atoms. The van der Waals surface area contributed by atoms with E-state index in [2.05, 4.69) is 4.98 Å². The number of aromatic nitrogens is 1. The number of fused-ring (bicyclic) bond motifs is 1. The third kappa shape index (κ3) is 1.91. The number of rotatable bonds is 2. The van der Waals surface area contributed by atoms with E-state index >= 15 is 0 Å². The monoisotopic (exact) mass is 260 g/mol. The minimum Gasteiger partial charge on any atom is -0.481 e. The standard InChI is InChI=1S/C14H13FN2O2/c1-8-5-12(17-6-9(7-17)14(18)19)10-3-2-4-11(15)13(10)16-8/h2-5,9H,6-7H2,1H3,(H,18,19). The Hall–Kier alpha value is -2.17. The molecule has 2 heterocycles. The van der Waals surface area contributed by atoms with Gasteiger partial charge in [0, 0.05) is 29.9 Å². The lowest BCUT2D eigenvalue weighted by atomic mass is 9.98. The molecule has 3 rings (SSSR count). The van der Waals surface area contributed by atoms with Gasteiger partial charge in [0.05, 0.1) is 5.92 Å². The maximum atomic E-state index is 13.8. The zero-order valence-corrected chi connectivity index (χ0v) is 10.4. The Bertz CT molecular complexity index is 666. The molecule has 0 bridgehead atoms. The summed E-state index contributed by atoms with van der Waals surface area (Å²) in [7, 11) is 0. The van der Waals surface area contributed by atoms with Crippen LogP contribution in [0.4, 0.5) is 10.1 Å². The maximum absolute atomic E-state index is 13.8. The van der Waals surface area contributed by atoms with Crippen molar-refractivity contribution in [1.82, 2.24) is 4.98 Å². The number of hydrogen-bond donors (Lipinski definition) is 1. The molecule has 0 atom stereocenters. The zero-order valence-electron chi connectivity index (χ0n) is 10.4. The van der Waals surface area contributed by atoms with Gasteiger partial charge in [-0.1, -0.05) is 12.1 Å². The number of aryl methyl sites for hydroxylation is 1. The summed E-state index contributed by atoms with van der Waals surface area (Å²) in [6, 6.07) is 6.72. The molecule has 1 fully saturated rings. The van der Waals surface area contributed by atoms with Gasteiger partial charge < -0.3 is 10.0 Å². The molecule has 0 spiro atoms. The summed E-state index contributed by atoms with van der Waals surface area (Å²) in [5.74, 6) is -1.47. The van der Waals surface area contributed by atoms with Gasteiger partial charge in [-0.05, 0) is 19.1 Å². The topological polar surface area (TPSA) is 53.4 Å². The van der Waals surface area contributed by atoms with Crippen LogP contribution in [-0.2, 0) is 4.79 Å². The predicted molar refractivity (Wildman–Crippen MR) is 69.8 cm³/mol. The first-order valence-electron chi connectivity index (χ1n) is 6.10. The van der Waals surface area contributed by atoms with E-state index in [1.54, 1.807) is 6.07 Å². The first-order chi connectivity index (χ1) is 9.06. The fourth-order valence-electron chi connectivity index (χ4n) is 2.41. The zero-order chi connectivity index (χ0) is 13.6. The second-order valence-corrected chi connectivity index (χ2v) is 4.86. The number of carboxylic acid groups (broad SMARTS) is 1. The summed E-state index contributed by atoms with van der Waals surface area (Å²) < 4.78 is 13.8. The minimum atomic E-state index is -0.780. The summed E-state index contributed by atoms with van der Waals surface area (Å²) in [5, 5.41) is 9.64. The summed E-state index contributed by atoms with van der Waals surface area (Å²) >= 11 is 0. The molecule has 1 aliphatic heterocycles. The van der Waals surface area contributed by atoms with Gasteiger partial charge in [0.2, 0.25) is 0 Å². The van der Waals surface area contributed by atoms with E-state index in [9.17, 15) is 9.18 Å². The number of halogens is 1. The van der Waals surface area contributed by atoms with Crippen LogP contribution in [0.15, 0.2) is 24.3 Å². The van der Waals surface area contributed by atoms with Crippen molar-refractivity contribution >= 4 is 22.6 Å². The van der Waals surface area contributed by atoms with Gasteiger partial charge >= 0.3 is 5.97 Å². The molecule has 0 amide bonds. The number of benzene rings is 1. The van der Waals surface area contributed by atoms with Gasteiger partial charge in [0.1, 0.15) is 11.3 Å². The fourth-order valence-corrected chi connectivity index (χ4v) is 2.41. The highest BCUT2D eigenvalue weighted by molar-refractivity contribution is 5.93. The Morgan fingerprint density at radius 3 is 2.89 bits per heavy atom. The highest BCUT2D eigenvalue weighted by atomic mass is 19.1. The van der Waals surface area contributed by atoms with Gasteiger partial charge in [0.25, 0.3) is 0 Å². The molecule has 1 aromatic heterocycles. The number of carbonyl (C=O) groups is 1. The Morgan fingerprint density at radius 2 is 2.21 bits per heavy atom. The number of hydrogen-bond acceptors (Lipinski definition) is 3. The van der Waals surface area contributed by atoms with Crippen molar-refractivity contribution < 1.29 is 14.3 Å². The van der Waals surface area contributed by atoms with Gasteiger partial charge in [0.15, 0.2) is 0 Å². The van der Waals surface area contributed by atoms with Crippen molar-refractivity contribution in [3.63, 3.8) is 0 Å². The van der Waals surface area contributed by atoms with Gasteiger partial charge in [-0.15, -0.1) is 0 Å². The predicted octanol–water partition coefficient (Wildman–Crippen LogP) is 2.20. The normalized spacial score (nSPS) is 15.6. The van der Waals surface area contributed by atoms with E-state index in [0.29, 0.717) is 18.6 Å². The van der Waals surface area contributed by atoms with E-state index < -0.39 is 5.97 Å². The fraction of sp³-hybridized carbons (Fsp3) is 0.286. The lowest BCUT2D eigenvalue weighted by molar-refractivity contribution is -0.142. The van der Waals surface area contributed by atoms with Crippen LogP contribution in [0.5, 0.6) is 0 Å². The Labute approximate surface area is 109 Å². The van der Waals surface area contributed by atoms with Crippen molar-refractivity contribution in [3.8, 4) is 0 Å². The summed E-state index contributed by atoms with van der Waals surface area (Å²) in [4.78, 5) is 17.0. The van der Waals surface area contributed by atoms with Crippen LogP contribution in [0.3, 0.4) is 0 Å². The summed E-state index contributed by atoms with van der Waals surface area (Å²) in [5.41, 5.74) is 1.93. The number of pyridine rings is 1. The van der Waals surface area contributed by atoms with E-state index in [1.807, 2.05) is 24.0 Å². The smallest absolute Gasteiger partial charge is 0.310 e. The first kappa shape index (κ1) is 11.9. The van der Waals surface area contributed by atoms with Crippen molar-refractivity contribution in [2.75, 3.05) is 18.0 Å². The average molecular weight is 260 g/mol. The van der Waals surface area contributed by atoms with Crippen LogP contribution < -0.4 is 4.90 Å². The van der Waals surface area contributed by atoms with Crippen molar-refractivity contribution in [1.29, 1.82) is 0 Å². The maximum Gasteiger partial charge on any atom is 0.310 e. The van der Waals surface area contributed by atoms with Crippen LogP contribution in [0, 0.1) is 18.7 Å². The van der Waals surface area contributed by atoms with Crippen LogP contribution in [0.25, 0.3) is 10.9 Å². The largest absolute Gasteiger partial charge is 0.481 e. The third-order valence-corrected chi connectivity index (χ3v) is 3.47. The van der Waals surface area contributed by atoms with Crippen LogP contribution in [0.1, 0.15) is 5.69 Å². The van der Waals surface area contributed by atoms with E-state index in [4.69, 9.17) is 5.11 Å². The summed E-state index contributed by atoms with van der Waals surface area (Å²) in [6.45, 7) is 2.73. The number of para-hydroxylation sites is 1. The number of aliphatic carboxylic acids is 1. The molecule has 0 unspecified atom stereocenters. The van der Waals surface area contributed by atoms with E-state index in [1.165, 1.54) is 6.07 Å². The molecule has 1 saturated heterocycles. The molecule has 2 aromatic rings. The Kier molecular flexibility index (Phi) is 2.62. The van der Waals surface area contributed by atoms with Gasteiger partial charge in [-0.3, -0.25) is 4.79 Å². The quantitative estimate of drug-likeness (QED) is 0.899. The van der Waals surface area contributed by atoms with E-state index in [-0.39, 0.29) is 11.7 Å². The van der Waals surface area contributed by atoms with Crippen LogP contribution in [0.2, 0.25) is 0 Å². The van der Waals surface area contributed by atoms with Crippen LogP contribution >= 0.6 is 0 Å². The minimum absolute atomic E-state index is 0.336. The van der Waals surface area contributed by atoms with Gasteiger partial charge in [-0.25, -0.2) is 9.37 Å². The number of nitrogens with zero attached hydrogens (tertiary/aromatic N) is 2. The molecular weight excluding hydrogens is 247 g/mol. The third-order valence-electron chi connectivity index (χ3n) is 3.47. The molecule has 4 nitrogen and oxygen atoms in total. The van der Waals surface area contributed by atoms with E-state index in [0.717, 1.165) is 16.8 Å². The summed E-state index contributed by atoms with van der Waals surface area (Å²) in [6.07, 6.45) is 0. The lowest BCUT2D eigenvalue weighted by Crippen LogP contribution is -2.50. The molecule has 0 saturated carbocycles. The van der Waals surface area contributed by atoms with Crippen molar-refractivity contribution in [2.45, 2.75) is 6.92 Å². The molecule has 1 N–H and O–H groups in total. The number of anilines is 1. The first-order valence-corrected chi connectivity index (χ1v) is 6.10. The molecular formula is C14H13FN2O2. The highest BCUT2D eigenvalue weighted by Gasteiger charge is 2.33. The second kappa shape index (κ2) is 4.19. The molecule has 1 aliphatic rings. The van der Waals surface area contributed by atoms with Crippen molar-refractivity contribution in [2.24, 2.45) is 5.92 Å².